The number of H-pyrrole nitrogens is 1. The summed E-state index contributed by atoms with van der Waals surface area (Å²) in [6, 6.07) is 0. The summed E-state index contributed by atoms with van der Waals surface area (Å²) in [5.41, 5.74) is 7.10. The summed E-state index contributed by atoms with van der Waals surface area (Å²) in [4.78, 5) is 11.6. The minimum atomic E-state index is -0.224. The Morgan fingerprint density at radius 3 is 2.87 bits per heavy atom. The third-order valence-electron chi connectivity index (χ3n) is 2.16. The highest BCUT2D eigenvalue weighted by Crippen LogP contribution is 2.12. The van der Waals surface area contributed by atoms with Crippen molar-refractivity contribution in [3.63, 3.8) is 0 Å². The number of nitrogens with one attached hydrogen (secondary N) is 2. The van der Waals surface area contributed by atoms with Crippen LogP contribution in [0.4, 0.5) is 5.69 Å². The normalized spacial score (nSPS) is 12.5. The summed E-state index contributed by atoms with van der Waals surface area (Å²) in [7, 11) is 0. The van der Waals surface area contributed by atoms with Gasteiger partial charge >= 0.3 is 0 Å². The van der Waals surface area contributed by atoms with Crippen molar-refractivity contribution in [3.8, 4) is 0 Å². The molecule has 0 saturated carbocycles. The van der Waals surface area contributed by atoms with Gasteiger partial charge in [0.1, 0.15) is 0 Å². The Kier molecular flexibility index (Phi) is 4.02. The van der Waals surface area contributed by atoms with Crippen LogP contribution < -0.4 is 11.1 Å². The average Bonchev–Trinajstić information content (AvgIpc) is 2.56. The smallest absolute Gasteiger partial charge is 0.273 e. The van der Waals surface area contributed by atoms with Gasteiger partial charge in [0, 0.05) is 11.8 Å². The number of carbonyl (C=O) groups excluding carboxylic acids is 1. The lowest BCUT2D eigenvalue weighted by atomic mass is 10.3. The number of carbonyl (C=O) groups is 1. The van der Waals surface area contributed by atoms with Gasteiger partial charge in [-0.2, -0.15) is 16.9 Å². The first-order chi connectivity index (χ1) is 7.06. The molecule has 0 radical (unpaired) electrons. The van der Waals surface area contributed by atoms with Crippen molar-refractivity contribution in [2.45, 2.75) is 19.1 Å². The molecule has 1 aromatic rings. The van der Waals surface area contributed by atoms with E-state index in [2.05, 4.69) is 15.5 Å². The molecule has 0 bridgehead atoms. The molecule has 1 amide bonds. The fourth-order valence-electron chi connectivity index (χ4n) is 1.01. The molecule has 0 aliphatic rings. The van der Waals surface area contributed by atoms with Gasteiger partial charge in [0.15, 0.2) is 5.69 Å². The largest absolute Gasteiger partial charge is 0.395 e. The van der Waals surface area contributed by atoms with Gasteiger partial charge in [-0.05, 0) is 13.2 Å². The lowest BCUT2D eigenvalue weighted by Crippen LogP contribution is -2.30. The van der Waals surface area contributed by atoms with E-state index in [4.69, 9.17) is 5.73 Å². The topological polar surface area (TPSA) is 83.8 Å². The van der Waals surface area contributed by atoms with Gasteiger partial charge in [0.05, 0.1) is 11.4 Å². The maximum Gasteiger partial charge on any atom is 0.273 e. The van der Waals surface area contributed by atoms with Crippen LogP contribution in [-0.4, -0.2) is 34.2 Å². The van der Waals surface area contributed by atoms with Crippen molar-refractivity contribution in [1.29, 1.82) is 0 Å². The molecule has 0 spiro atoms. The first-order valence-corrected chi connectivity index (χ1v) is 5.96. The highest BCUT2D eigenvalue weighted by atomic mass is 32.2. The van der Waals surface area contributed by atoms with Gasteiger partial charge < -0.3 is 11.1 Å². The number of amides is 1. The number of aryl methyl sites for hydroxylation is 1. The zero-order chi connectivity index (χ0) is 11.4. The van der Waals surface area contributed by atoms with Crippen molar-refractivity contribution >= 4 is 23.4 Å². The number of aromatic nitrogens is 2. The van der Waals surface area contributed by atoms with Gasteiger partial charge in [-0.15, -0.1) is 0 Å². The number of rotatable bonds is 4. The molecule has 84 valence electrons. The third-order valence-corrected chi connectivity index (χ3v) is 3.13. The van der Waals surface area contributed by atoms with Crippen LogP contribution in [0.15, 0.2) is 0 Å². The number of aromatic amines is 1. The summed E-state index contributed by atoms with van der Waals surface area (Å²) < 4.78 is 0. The van der Waals surface area contributed by atoms with E-state index < -0.39 is 0 Å². The van der Waals surface area contributed by atoms with Crippen LogP contribution in [0.1, 0.15) is 23.1 Å². The average molecular weight is 228 g/mol. The van der Waals surface area contributed by atoms with Crippen LogP contribution in [0.2, 0.25) is 0 Å². The molecule has 15 heavy (non-hydrogen) atoms. The van der Waals surface area contributed by atoms with Crippen LogP contribution >= 0.6 is 11.8 Å². The van der Waals surface area contributed by atoms with Gasteiger partial charge in [-0.25, -0.2) is 0 Å². The van der Waals surface area contributed by atoms with E-state index in [-0.39, 0.29) is 11.6 Å². The molecule has 0 fully saturated rings. The molecule has 1 unspecified atom stereocenters. The van der Waals surface area contributed by atoms with Crippen LogP contribution in [0.3, 0.4) is 0 Å². The molecular weight excluding hydrogens is 212 g/mol. The Hall–Kier alpha value is -1.17. The molecule has 0 aliphatic heterocycles. The fraction of sp³-hybridized carbons (Fsp3) is 0.556. The molecular formula is C9H16N4OS. The van der Waals surface area contributed by atoms with Crippen molar-refractivity contribution in [2.24, 2.45) is 0 Å². The maximum atomic E-state index is 11.6. The summed E-state index contributed by atoms with van der Waals surface area (Å²) in [6.45, 7) is 4.44. The zero-order valence-electron chi connectivity index (χ0n) is 9.13. The van der Waals surface area contributed by atoms with Crippen molar-refractivity contribution in [3.05, 3.63) is 11.4 Å². The second kappa shape index (κ2) is 5.06. The number of anilines is 1. The quantitative estimate of drug-likeness (QED) is 0.711. The lowest BCUT2D eigenvalue weighted by Gasteiger charge is -2.08. The Labute approximate surface area is 93.2 Å². The van der Waals surface area contributed by atoms with Crippen molar-refractivity contribution in [2.75, 3.05) is 18.5 Å². The van der Waals surface area contributed by atoms with Gasteiger partial charge in [-0.1, -0.05) is 6.92 Å². The molecule has 1 aromatic heterocycles. The van der Waals surface area contributed by atoms with Crippen LogP contribution in [0.25, 0.3) is 0 Å². The van der Waals surface area contributed by atoms with Crippen LogP contribution in [0, 0.1) is 6.92 Å². The number of thioether (sulfide) groups is 1. The van der Waals surface area contributed by atoms with E-state index in [1.54, 1.807) is 18.7 Å². The van der Waals surface area contributed by atoms with E-state index in [0.29, 0.717) is 17.5 Å². The standard InChI is InChI=1S/C9H16N4OS/c1-5(15-3)4-11-9(14)8-7(10)6(2)12-13-8/h5H,4,10H2,1-3H3,(H,11,14)(H,12,13). The second-order valence-electron chi connectivity index (χ2n) is 3.37. The molecule has 4 N–H and O–H groups in total. The first kappa shape index (κ1) is 11.9. The van der Waals surface area contributed by atoms with E-state index in [1.165, 1.54) is 0 Å². The predicted molar refractivity (Wildman–Crippen MR) is 63.0 cm³/mol. The van der Waals surface area contributed by atoms with E-state index in [9.17, 15) is 4.79 Å². The second-order valence-corrected chi connectivity index (χ2v) is 4.64. The molecule has 1 rings (SSSR count). The van der Waals surface area contributed by atoms with Crippen molar-refractivity contribution in [1.82, 2.24) is 15.5 Å². The van der Waals surface area contributed by atoms with Gasteiger partial charge in [-0.3, -0.25) is 9.89 Å². The van der Waals surface area contributed by atoms with Crippen LogP contribution in [0.5, 0.6) is 0 Å². The molecule has 0 aromatic carbocycles. The predicted octanol–water partition coefficient (Wildman–Crippen LogP) is 0.782. The zero-order valence-corrected chi connectivity index (χ0v) is 9.94. The molecule has 6 heteroatoms. The van der Waals surface area contributed by atoms with Gasteiger partial charge in [0.25, 0.3) is 5.91 Å². The highest BCUT2D eigenvalue weighted by molar-refractivity contribution is 7.99. The summed E-state index contributed by atoms with van der Waals surface area (Å²) in [5.74, 6) is -0.224. The summed E-state index contributed by atoms with van der Waals surface area (Å²) in [6.07, 6.45) is 2.00. The summed E-state index contributed by atoms with van der Waals surface area (Å²) in [5, 5.41) is 9.69. The Balaban J connectivity index is 2.58. The highest BCUT2D eigenvalue weighted by Gasteiger charge is 2.15. The number of nitrogens with zero attached hydrogens (tertiary/aromatic N) is 1. The molecule has 0 aliphatic carbocycles. The van der Waals surface area contributed by atoms with Crippen LogP contribution in [-0.2, 0) is 0 Å². The lowest BCUT2D eigenvalue weighted by molar-refractivity contribution is 0.0950. The number of hydrogen-bond acceptors (Lipinski definition) is 4. The molecule has 1 heterocycles. The van der Waals surface area contributed by atoms with Gasteiger partial charge in [0.2, 0.25) is 0 Å². The number of hydrogen-bond donors (Lipinski definition) is 3. The molecule has 5 nitrogen and oxygen atoms in total. The van der Waals surface area contributed by atoms with E-state index >= 15 is 0 Å². The minimum absolute atomic E-state index is 0.224. The van der Waals surface area contributed by atoms with E-state index in [1.807, 2.05) is 13.2 Å². The Morgan fingerprint density at radius 2 is 2.40 bits per heavy atom. The van der Waals surface area contributed by atoms with Crippen molar-refractivity contribution < 1.29 is 4.79 Å². The fourth-order valence-corrected chi connectivity index (χ4v) is 1.26. The summed E-state index contributed by atoms with van der Waals surface area (Å²) >= 11 is 1.70. The van der Waals surface area contributed by atoms with E-state index in [0.717, 1.165) is 5.69 Å². The molecule has 1 atom stereocenters. The Bertz CT molecular complexity index is 350. The third kappa shape index (κ3) is 2.89. The Morgan fingerprint density at radius 1 is 1.73 bits per heavy atom. The maximum absolute atomic E-state index is 11.6. The monoisotopic (exact) mass is 228 g/mol. The first-order valence-electron chi connectivity index (χ1n) is 4.67. The number of nitrogens with two attached hydrogens (primary N) is 1. The molecule has 0 saturated heterocycles. The minimum Gasteiger partial charge on any atom is -0.395 e. The number of nitrogen functional groups attached to an aromatic ring is 1. The SMILES string of the molecule is CSC(C)CNC(=O)c1n[nH]c(C)c1N.